The Morgan fingerprint density at radius 3 is 2.78 bits per heavy atom. The topological polar surface area (TPSA) is 108 Å². The quantitative estimate of drug-likeness (QED) is 0.586. The third kappa shape index (κ3) is 3.80. The van der Waals surface area contributed by atoms with Crippen LogP contribution >= 0.6 is 0 Å². The molecule has 1 aliphatic carbocycles. The average molecular weight is 458 g/mol. The number of likely N-dealkylation sites (tertiary alicyclic amines) is 1. The molecule has 0 radical (unpaired) electrons. The van der Waals surface area contributed by atoms with E-state index in [0.29, 0.717) is 24.1 Å². The molecule has 5 rings (SSSR count). The lowest BCUT2D eigenvalue weighted by atomic mass is 10.0. The molecule has 170 valence electrons. The van der Waals surface area contributed by atoms with E-state index in [2.05, 4.69) is 21.9 Å². The van der Waals surface area contributed by atoms with Crippen LogP contribution in [0.15, 0.2) is 41.3 Å². The number of carboxylic acid groups (broad SMARTS) is 1. The number of rotatable bonds is 7. The second-order valence-corrected chi connectivity index (χ2v) is 10.4. The summed E-state index contributed by atoms with van der Waals surface area (Å²) in [5.41, 5.74) is 1.25. The lowest BCUT2D eigenvalue weighted by Gasteiger charge is -2.22. The van der Waals surface area contributed by atoms with Crippen LogP contribution in [0.1, 0.15) is 41.6 Å². The maximum Gasteiger partial charge on any atom is 0.341 e. The number of carboxylic acids is 1. The number of benzene rings is 2. The van der Waals surface area contributed by atoms with Crippen LogP contribution in [0.25, 0.3) is 0 Å². The molecule has 2 fully saturated rings. The number of fused-ring (bicyclic) bond motifs is 3. The minimum atomic E-state index is -4.04. The van der Waals surface area contributed by atoms with Crippen LogP contribution in [0.3, 0.4) is 0 Å². The Morgan fingerprint density at radius 1 is 1.22 bits per heavy atom. The van der Waals surface area contributed by atoms with Gasteiger partial charge in [0.05, 0.1) is 18.0 Å². The number of ether oxygens (including phenoxy) is 1. The zero-order valence-corrected chi connectivity index (χ0v) is 18.7. The van der Waals surface area contributed by atoms with E-state index in [1.807, 2.05) is 0 Å². The molecule has 9 heteroatoms. The number of para-hydroxylation sites is 1. The normalized spacial score (nSPS) is 24.2. The summed E-state index contributed by atoms with van der Waals surface area (Å²) >= 11 is 0. The van der Waals surface area contributed by atoms with Crippen LogP contribution in [-0.2, 0) is 10.0 Å². The molecule has 0 spiro atoms. The van der Waals surface area contributed by atoms with Crippen molar-refractivity contribution in [3.8, 4) is 5.75 Å². The van der Waals surface area contributed by atoms with Crippen molar-refractivity contribution >= 4 is 27.4 Å². The molecule has 1 saturated carbocycles. The molecular formula is C23H27N3O5S. The Bertz CT molecular complexity index is 1170. The molecule has 8 nitrogen and oxygen atoms in total. The highest BCUT2D eigenvalue weighted by Crippen LogP contribution is 2.55. The summed E-state index contributed by atoms with van der Waals surface area (Å²) in [4.78, 5) is 14.5. The minimum absolute atomic E-state index is 0.0168. The second-order valence-electron chi connectivity index (χ2n) is 8.75. The van der Waals surface area contributed by atoms with Gasteiger partial charge in [-0.05, 0) is 49.1 Å². The number of sulfonamides is 1. The van der Waals surface area contributed by atoms with Gasteiger partial charge < -0.3 is 20.1 Å². The average Bonchev–Trinajstić information content (AvgIpc) is 3.43. The number of likely N-dealkylation sites (N-methyl/N-ethyl adjacent to an activating group) is 1. The first-order valence-corrected chi connectivity index (χ1v) is 12.5. The highest BCUT2D eigenvalue weighted by Gasteiger charge is 2.45. The highest BCUT2D eigenvalue weighted by atomic mass is 32.2. The maximum atomic E-state index is 13.3. The van der Waals surface area contributed by atoms with E-state index in [9.17, 15) is 18.3 Å². The van der Waals surface area contributed by atoms with Gasteiger partial charge in [-0.1, -0.05) is 25.1 Å². The number of aromatic carboxylic acids is 1. The van der Waals surface area contributed by atoms with E-state index in [1.165, 1.54) is 12.1 Å². The molecule has 3 atom stereocenters. The van der Waals surface area contributed by atoms with E-state index < -0.39 is 16.0 Å². The molecule has 2 unspecified atom stereocenters. The summed E-state index contributed by atoms with van der Waals surface area (Å²) in [7, 11) is -4.04. The van der Waals surface area contributed by atoms with Gasteiger partial charge in [0.25, 0.3) is 10.0 Å². The summed E-state index contributed by atoms with van der Waals surface area (Å²) < 4.78 is 34.9. The standard InChI is InChI=1S/C23H27N3O5S/c1-2-26-10-9-15(12-26)24-18-5-3-4-6-20(18)32(29,30)25-19-8-7-16-17-11-14(17)13-31-22(16)21(19)23(27)28/h3-8,14-15,17,24-25H,2,9-13H2,1H3,(H,27,28)/t14?,15-,17?/m0/s1. The molecule has 32 heavy (non-hydrogen) atoms. The van der Waals surface area contributed by atoms with Gasteiger partial charge in [-0.2, -0.15) is 0 Å². The molecule has 0 amide bonds. The van der Waals surface area contributed by atoms with Gasteiger partial charge in [-0.25, -0.2) is 13.2 Å². The van der Waals surface area contributed by atoms with E-state index in [-0.39, 0.29) is 27.9 Å². The lowest BCUT2D eigenvalue weighted by Crippen LogP contribution is -2.27. The summed E-state index contributed by atoms with van der Waals surface area (Å²) in [6.07, 6.45) is 1.91. The van der Waals surface area contributed by atoms with Crippen molar-refractivity contribution in [3.63, 3.8) is 0 Å². The zero-order valence-electron chi connectivity index (χ0n) is 17.9. The zero-order chi connectivity index (χ0) is 22.5. The Kier molecular flexibility index (Phi) is 5.25. The molecule has 3 aliphatic rings. The highest BCUT2D eigenvalue weighted by molar-refractivity contribution is 7.92. The fourth-order valence-electron chi connectivity index (χ4n) is 4.82. The summed E-state index contributed by atoms with van der Waals surface area (Å²) in [6, 6.07) is 10.2. The Labute approximate surface area is 187 Å². The molecular weight excluding hydrogens is 430 g/mol. The fourth-order valence-corrected chi connectivity index (χ4v) is 6.07. The Morgan fingerprint density at radius 2 is 2.03 bits per heavy atom. The number of anilines is 2. The van der Waals surface area contributed by atoms with E-state index in [0.717, 1.165) is 38.0 Å². The van der Waals surface area contributed by atoms with Crippen molar-refractivity contribution in [1.29, 1.82) is 0 Å². The number of hydrogen-bond donors (Lipinski definition) is 3. The predicted octanol–water partition coefficient (Wildman–Crippen LogP) is 3.19. The van der Waals surface area contributed by atoms with Gasteiger partial charge in [-0.3, -0.25) is 4.72 Å². The minimum Gasteiger partial charge on any atom is -0.492 e. The van der Waals surface area contributed by atoms with Crippen LogP contribution in [0.2, 0.25) is 0 Å². The molecule has 0 aromatic heterocycles. The van der Waals surface area contributed by atoms with Crippen molar-refractivity contribution in [2.24, 2.45) is 5.92 Å². The number of carbonyl (C=O) groups is 1. The SMILES string of the molecule is CCN1CC[C@H](Nc2ccccc2S(=O)(=O)Nc2ccc3c(c2C(=O)O)OCC2CC32)C1. The molecule has 2 heterocycles. The van der Waals surface area contributed by atoms with Crippen LogP contribution in [0, 0.1) is 5.92 Å². The van der Waals surface area contributed by atoms with Crippen LogP contribution in [0.4, 0.5) is 11.4 Å². The third-order valence-corrected chi connectivity index (χ3v) is 8.09. The lowest BCUT2D eigenvalue weighted by molar-refractivity contribution is 0.0692. The van der Waals surface area contributed by atoms with Gasteiger partial charge in [0.15, 0.2) is 0 Å². The van der Waals surface area contributed by atoms with Crippen molar-refractivity contribution < 1.29 is 23.1 Å². The van der Waals surface area contributed by atoms with Crippen molar-refractivity contribution in [2.75, 3.05) is 36.3 Å². The molecule has 0 bridgehead atoms. The van der Waals surface area contributed by atoms with Crippen molar-refractivity contribution in [3.05, 3.63) is 47.5 Å². The molecule has 1 saturated heterocycles. The van der Waals surface area contributed by atoms with Gasteiger partial charge in [0, 0.05) is 25.0 Å². The van der Waals surface area contributed by atoms with Gasteiger partial charge >= 0.3 is 5.97 Å². The van der Waals surface area contributed by atoms with Crippen LogP contribution in [-0.4, -0.2) is 56.7 Å². The Balaban J connectivity index is 1.45. The third-order valence-electron chi connectivity index (χ3n) is 6.67. The maximum absolute atomic E-state index is 13.3. The van der Waals surface area contributed by atoms with Gasteiger partial charge in [0.2, 0.25) is 0 Å². The number of hydrogen-bond acceptors (Lipinski definition) is 6. The molecule has 2 aromatic rings. The Hall–Kier alpha value is -2.78. The van der Waals surface area contributed by atoms with Gasteiger partial charge in [0.1, 0.15) is 16.2 Å². The number of nitrogens with one attached hydrogen (secondary N) is 2. The molecule has 3 N–H and O–H groups in total. The summed E-state index contributed by atoms with van der Waals surface area (Å²) in [6.45, 7) is 5.36. The smallest absolute Gasteiger partial charge is 0.341 e. The first-order valence-electron chi connectivity index (χ1n) is 11.0. The van der Waals surface area contributed by atoms with Crippen molar-refractivity contribution in [2.45, 2.75) is 36.6 Å². The van der Waals surface area contributed by atoms with E-state index in [1.54, 1.807) is 24.3 Å². The largest absolute Gasteiger partial charge is 0.492 e. The summed E-state index contributed by atoms with van der Waals surface area (Å²) in [5.74, 6) is -0.186. The van der Waals surface area contributed by atoms with E-state index >= 15 is 0 Å². The first kappa shape index (κ1) is 21.1. The monoisotopic (exact) mass is 457 g/mol. The fraction of sp³-hybridized carbons (Fsp3) is 0.435. The predicted molar refractivity (Wildman–Crippen MR) is 121 cm³/mol. The number of nitrogens with zero attached hydrogens (tertiary/aromatic N) is 1. The van der Waals surface area contributed by atoms with Crippen LogP contribution in [0.5, 0.6) is 5.75 Å². The van der Waals surface area contributed by atoms with Crippen molar-refractivity contribution in [1.82, 2.24) is 4.90 Å². The second kappa shape index (κ2) is 7.97. The van der Waals surface area contributed by atoms with Gasteiger partial charge in [-0.15, -0.1) is 0 Å². The summed E-state index contributed by atoms with van der Waals surface area (Å²) in [5, 5.41) is 13.2. The van der Waals surface area contributed by atoms with Crippen LogP contribution < -0.4 is 14.8 Å². The molecule has 2 aromatic carbocycles. The van der Waals surface area contributed by atoms with E-state index in [4.69, 9.17) is 4.74 Å². The molecule has 2 aliphatic heterocycles. The first-order chi connectivity index (χ1) is 15.4.